The molecule has 0 saturated carbocycles. The summed E-state index contributed by atoms with van der Waals surface area (Å²) in [6.07, 6.45) is -2.29. The normalized spacial score (nSPS) is 25.2. The number of azide groups is 1. The molecule has 1 aromatic rings. The van der Waals surface area contributed by atoms with Gasteiger partial charge in [0.1, 0.15) is 12.3 Å². The lowest BCUT2D eigenvalue weighted by Gasteiger charge is -2.21. The summed E-state index contributed by atoms with van der Waals surface area (Å²) < 4.78 is 56.9. The predicted octanol–water partition coefficient (Wildman–Crippen LogP) is 0.890. The first-order chi connectivity index (χ1) is 15.5. The Morgan fingerprint density at radius 2 is 1.94 bits per heavy atom. The highest BCUT2D eigenvalue weighted by atomic mass is 127. The van der Waals surface area contributed by atoms with Crippen molar-refractivity contribution in [2.45, 2.75) is 36.0 Å². The van der Waals surface area contributed by atoms with E-state index in [-0.39, 0.29) is 12.0 Å². The van der Waals surface area contributed by atoms with Crippen molar-refractivity contribution in [3.8, 4) is 0 Å². The Kier molecular flexibility index (Phi) is 9.82. The number of nitrogens with one attached hydrogen (secondary N) is 1. The number of H-pyrrole nitrogens is 1. The van der Waals surface area contributed by atoms with Gasteiger partial charge in [-0.25, -0.2) is 18.5 Å². The highest BCUT2D eigenvalue weighted by molar-refractivity contribution is 14.1. The van der Waals surface area contributed by atoms with Crippen LogP contribution in [0.3, 0.4) is 0 Å². The molecule has 0 spiro atoms. The van der Waals surface area contributed by atoms with E-state index in [0.29, 0.717) is 0 Å². The van der Waals surface area contributed by atoms with Crippen molar-refractivity contribution in [3.63, 3.8) is 0 Å². The van der Waals surface area contributed by atoms with Crippen LogP contribution in [-0.4, -0.2) is 52.2 Å². The van der Waals surface area contributed by atoms with Crippen LogP contribution in [-0.2, 0) is 36.3 Å². The van der Waals surface area contributed by atoms with Crippen molar-refractivity contribution >= 4 is 46.1 Å². The zero-order valence-corrected chi connectivity index (χ0v) is 21.5. The number of phosphoric acid groups is 3. The molecule has 0 bridgehead atoms. The van der Waals surface area contributed by atoms with E-state index in [9.17, 15) is 33.1 Å². The number of phosphoric ester groups is 1. The van der Waals surface area contributed by atoms with Crippen LogP contribution in [0.5, 0.6) is 0 Å². The van der Waals surface area contributed by atoms with Gasteiger partial charge in [-0.05, 0) is 35.0 Å². The minimum absolute atomic E-state index is 0.101. The second-order valence-electron chi connectivity index (χ2n) is 6.40. The molecule has 2 rings (SSSR count). The number of hydrogen-bond donors (Lipinski definition) is 5. The SMILES string of the molecule is Cc1cn([C@H]2CC(O[C@H](I)N=[N+]=[N-])[C@@H](COP(=O)(O)OP(=O)(O)OP(=O)(O)O)O2)c(=O)[nH]c1=O. The van der Waals surface area contributed by atoms with Crippen molar-refractivity contribution in [2.75, 3.05) is 6.61 Å². The molecular weight excluding hydrogens is 646 g/mol. The topological polar surface area (TPSA) is 282 Å². The number of aryl methyl sites for hydroxylation is 1. The molecule has 23 heteroatoms. The lowest BCUT2D eigenvalue weighted by Crippen LogP contribution is -2.33. The Labute approximate surface area is 202 Å². The minimum Gasteiger partial charge on any atom is -0.356 e. The maximum atomic E-state index is 12.2. The highest BCUT2D eigenvalue weighted by Gasteiger charge is 2.44. The molecule has 0 aromatic carbocycles. The summed E-state index contributed by atoms with van der Waals surface area (Å²) in [6, 6.07) is 0. The number of ether oxygens (including phenoxy) is 2. The summed E-state index contributed by atoms with van der Waals surface area (Å²) in [4.78, 5) is 64.3. The lowest BCUT2D eigenvalue weighted by atomic mass is 10.2. The molecule has 0 amide bonds. The Hall–Kier alpha value is -0.950. The van der Waals surface area contributed by atoms with Crippen LogP contribution in [0.1, 0.15) is 18.2 Å². The van der Waals surface area contributed by atoms with Gasteiger partial charge in [-0.1, -0.05) is 5.11 Å². The smallest absolute Gasteiger partial charge is 0.356 e. The molecule has 2 heterocycles. The number of hydrogen-bond acceptors (Lipinski definition) is 11. The molecule has 6 atom stereocenters. The van der Waals surface area contributed by atoms with Crippen molar-refractivity contribution in [3.05, 3.63) is 43.0 Å². The lowest BCUT2D eigenvalue weighted by molar-refractivity contribution is -0.0626. The largest absolute Gasteiger partial charge is 0.490 e. The number of aromatic amines is 1. The molecule has 1 fully saturated rings. The second-order valence-corrected chi connectivity index (χ2v) is 11.9. The van der Waals surface area contributed by atoms with E-state index in [1.54, 1.807) is 22.6 Å². The van der Waals surface area contributed by atoms with E-state index >= 15 is 0 Å². The number of rotatable bonds is 11. The van der Waals surface area contributed by atoms with Gasteiger partial charge in [0.05, 0.1) is 12.7 Å². The van der Waals surface area contributed by atoms with E-state index in [4.69, 9.17) is 24.8 Å². The van der Waals surface area contributed by atoms with Crippen LogP contribution in [0.2, 0.25) is 0 Å². The van der Waals surface area contributed by atoms with Crippen molar-refractivity contribution in [1.29, 1.82) is 0 Å². The number of nitrogens with zero attached hydrogens (tertiary/aromatic N) is 4. The van der Waals surface area contributed by atoms with E-state index < -0.39 is 64.0 Å². The van der Waals surface area contributed by atoms with Crippen LogP contribution >= 0.6 is 46.1 Å². The Balaban J connectivity index is 2.20. The Morgan fingerprint density at radius 1 is 1.29 bits per heavy atom. The molecule has 0 radical (unpaired) electrons. The molecule has 1 aromatic heterocycles. The van der Waals surface area contributed by atoms with Gasteiger partial charge in [-0.2, -0.15) is 8.62 Å². The van der Waals surface area contributed by atoms with Gasteiger partial charge in [0.15, 0.2) is 4.23 Å². The van der Waals surface area contributed by atoms with Crippen molar-refractivity contribution in [2.24, 2.45) is 5.11 Å². The predicted molar refractivity (Wildman–Crippen MR) is 116 cm³/mol. The fourth-order valence-corrected chi connectivity index (χ4v) is 6.17. The van der Waals surface area contributed by atoms with Gasteiger partial charge in [0.25, 0.3) is 5.56 Å². The number of alkyl halides is 1. The maximum Gasteiger partial charge on any atom is 0.490 e. The molecule has 1 saturated heterocycles. The second kappa shape index (κ2) is 11.4. The zero-order chi connectivity index (χ0) is 25.9. The molecule has 1 aliphatic heterocycles. The molecule has 192 valence electrons. The summed E-state index contributed by atoms with van der Waals surface area (Å²) in [6.45, 7) is 0.550. The monoisotopic (exact) mass is 663 g/mol. The first-order valence-electron chi connectivity index (χ1n) is 8.61. The van der Waals surface area contributed by atoms with Crippen molar-refractivity contribution in [1.82, 2.24) is 9.55 Å². The number of halogens is 1. The maximum absolute atomic E-state index is 12.2. The van der Waals surface area contributed by atoms with Crippen LogP contribution in [0.15, 0.2) is 20.9 Å². The third kappa shape index (κ3) is 8.92. The first kappa shape index (κ1) is 29.3. The summed E-state index contributed by atoms with van der Waals surface area (Å²) in [5, 5.41) is 3.30. The average molecular weight is 663 g/mol. The summed E-state index contributed by atoms with van der Waals surface area (Å²) >= 11 is 1.61. The molecule has 3 unspecified atom stereocenters. The standard InChI is InChI=1S/C11H17IN5O14P3/c1-5-3-17(11(19)14-9(5)18)8-2-6(29-10(12)15-16-13)7(28-8)4-27-33(23,24)31-34(25,26)30-32(20,21)22/h3,6-8,10H,2,4H2,1H3,(H,23,24)(H,25,26)(H,14,18,19)(H2,20,21,22)/t6?,7-,8-,10-/m1/s1. The fraction of sp³-hybridized carbons (Fsp3) is 0.636. The van der Waals surface area contributed by atoms with E-state index in [0.717, 1.165) is 4.57 Å². The Bertz CT molecular complexity index is 1210. The van der Waals surface area contributed by atoms with E-state index in [1.165, 1.54) is 13.1 Å². The van der Waals surface area contributed by atoms with Crippen LogP contribution < -0.4 is 11.2 Å². The molecule has 0 aliphatic carbocycles. The summed E-state index contributed by atoms with van der Waals surface area (Å²) in [5.74, 6) is 0. The van der Waals surface area contributed by atoms with E-state index in [1.807, 2.05) is 0 Å². The molecule has 34 heavy (non-hydrogen) atoms. The van der Waals surface area contributed by atoms with Crippen LogP contribution in [0.25, 0.3) is 10.4 Å². The third-order valence-corrected chi connectivity index (χ3v) is 8.23. The van der Waals surface area contributed by atoms with Crippen LogP contribution in [0.4, 0.5) is 0 Å². The number of aromatic nitrogens is 2. The van der Waals surface area contributed by atoms with Gasteiger partial charge in [-0.3, -0.25) is 18.9 Å². The van der Waals surface area contributed by atoms with Gasteiger partial charge in [-0.15, -0.1) is 0 Å². The molecule has 5 N–H and O–H groups in total. The zero-order valence-electron chi connectivity index (χ0n) is 16.7. The fourth-order valence-electron chi connectivity index (χ4n) is 2.65. The Morgan fingerprint density at radius 3 is 2.53 bits per heavy atom. The average Bonchev–Trinajstić information content (AvgIpc) is 3.02. The minimum atomic E-state index is -5.73. The van der Waals surface area contributed by atoms with Gasteiger partial charge in [0, 0.05) is 23.1 Å². The van der Waals surface area contributed by atoms with Crippen molar-refractivity contribution < 1.29 is 55.9 Å². The van der Waals surface area contributed by atoms with Gasteiger partial charge in [0.2, 0.25) is 0 Å². The van der Waals surface area contributed by atoms with E-state index in [2.05, 4.69) is 28.2 Å². The highest BCUT2D eigenvalue weighted by Crippen LogP contribution is 2.66. The quantitative estimate of drug-likeness (QED) is 0.0418. The molecular formula is C11H17IN5O14P3. The van der Waals surface area contributed by atoms with Gasteiger partial charge >= 0.3 is 29.2 Å². The van der Waals surface area contributed by atoms with Gasteiger partial charge < -0.3 is 29.0 Å². The van der Waals surface area contributed by atoms with Crippen LogP contribution in [0, 0.1) is 6.92 Å². The molecule has 1 aliphatic rings. The molecule has 19 nitrogen and oxygen atoms in total. The summed E-state index contributed by atoms with van der Waals surface area (Å²) in [7, 11) is -16.8. The summed E-state index contributed by atoms with van der Waals surface area (Å²) in [5.41, 5.74) is 7.23. The first-order valence-corrected chi connectivity index (χ1v) is 14.4. The third-order valence-electron chi connectivity index (χ3n) is 3.88.